The van der Waals surface area contributed by atoms with Gasteiger partial charge >= 0.3 is 0 Å². The Labute approximate surface area is 105 Å². The summed E-state index contributed by atoms with van der Waals surface area (Å²) in [6.45, 7) is 5.10. The van der Waals surface area contributed by atoms with Crippen molar-refractivity contribution in [1.82, 2.24) is 20.0 Å². The summed E-state index contributed by atoms with van der Waals surface area (Å²) in [6.07, 6.45) is 1.46. The van der Waals surface area contributed by atoms with Gasteiger partial charge in [0.15, 0.2) is 0 Å². The number of hydrogen-bond donors (Lipinski definition) is 2. The van der Waals surface area contributed by atoms with Crippen molar-refractivity contribution in [2.45, 2.75) is 26.4 Å². The summed E-state index contributed by atoms with van der Waals surface area (Å²) >= 11 is 0. The van der Waals surface area contributed by atoms with E-state index in [1.807, 2.05) is 6.92 Å². The van der Waals surface area contributed by atoms with Gasteiger partial charge in [-0.05, 0) is 13.8 Å². The highest BCUT2D eigenvalue weighted by Crippen LogP contribution is 2.16. The molecule has 1 aromatic rings. The predicted octanol–water partition coefficient (Wildman–Crippen LogP) is -0.554. The highest BCUT2D eigenvalue weighted by Gasteiger charge is 2.32. The molecule has 1 fully saturated rings. The molecule has 0 aliphatic carbocycles. The van der Waals surface area contributed by atoms with Gasteiger partial charge in [-0.25, -0.2) is 0 Å². The van der Waals surface area contributed by atoms with Gasteiger partial charge in [-0.1, -0.05) is 0 Å². The van der Waals surface area contributed by atoms with Crippen LogP contribution in [0.3, 0.4) is 0 Å². The van der Waals surface area contributed by atoms with E-state index in [1.165, 1.54) is 11.1 Å². The molecule has 0 saturated carbocycles. The third-order valence-corrected chi connectivity index (χ3v) is 3.13. The van der Waals surface area contributed by atoms with E-state index in [0.29, 0.717) is 31.0 Å². The van der Waals surface area contributed by atoms with Crippen molar-refractivity contribution >= 4 is 17.5 Å². The van der Waals surface area contributed by atoms with Crippen molar-refractivity contribution in [3.05, 3.63) is 11.9 Å². The standard InChI is InChI=1S/C11H17N5O2/c1-3-16-9(8(12)6-14-16)11(18)15-5-4-13-10(17)7(15)2/h6-7H,3-5,12H2,1-2H3,(H,13,17). The number of amides is 2. The normalized spacial score (nSPS) is 19.8. The number of aryl methyl sites for hydroxylation is 1. The van der Waals surface area contributed by atoms with Crippen molar-refractivity contribution in [2.24, 2.45) is 0 Å². The number of rotatable bonds is 2. The van der Waals surface area contributed by atoms with Crippen LogP contribution in [0, 0.1) is 0 Å². The maximum absolute atomic E-state index is 12.4. The monoisotopic (exact) mass is 251 g/mol. The molecule has 1 aliphatic heterocycles. The number of anilines is 1. The van der Waals surface area contributed by atoms with Crippen LogP contribution in [0.25, 0.3) is 0 Å². The lowest BCUT2D eigenvalue weighted by Gasteiger charge is -2.32. The van der Waals surface area contributed by atoms with Gasteiger partial charge < -0.3 is 16.0 Å². The van der Waals surface area contributed by atoms with E-state index in [4.69, 9.17) is 5.73 Å². The largest absolute Gasteiger partial charge is 0.396 e. The van der Waals surface area contributed by atoms with Crippen LogP contribution in [0.2, 0.25) is 0 Å². The molecule has 0 spiro atoms. The lowest BCUT2D eigenvalue weighted by atomic mass is 10.2. The lowest BCUT2D eigenvalue weighted by Crippen LogP contribution is -2.56. The predicted molar refractivity (Wildman–Crippen MR) is 65.8 cm³/mol. The van der Waals surface area contributed by atoms with Gasteiger partial charge in [0.2, 0.25) is 5.91 Å². The number of carbonyl (C=O) groups excluding carboxylic acids is 2. The SMILES string of the molecule is CCn1ncc(N)c1C(=O)N1CCNC(=O)C1C. The Balaban J connectivity index is 2.30. The molecule has 0 radical (unpaired) electrons. The molecule has 2 heterocycles. The van der Waals surface area contributed by atoms with E-state index in [0.717, 1.165) is 0 Å². The summed E-state index contributed by atoms with van der Waals surface area (Å²) in [4.78, 5) is 25.5. The number of aromatic nitrogens is 2. The molecule has 1 unspecified atom stereocenters. The second-order valence-electron chi connectivity index (χ2n) is 4.23. The van der Waals surface area contributed by atoms with E-state index in [2.05, 4.69) is 10.4 Å². The molecule has 2 rings (SSSR count). The lowest BCUT2D eigenvalue weighted by molar-refractivity contribution is -0.127. The molecule has 0 bridgehead atoms. The van der Waals surface area contributed by atoms with Gasteiger partial charge in [-0.3, -0.25) is 14.3 Å². The molecule has 1 atom stereocenters. The minimum atomic E-state index is -0.481. The summed E-state index contributed by atoms with van der Waals surface area (Å²) in [6, 6.07) is -0.481. The fraction of sp³-hybridized carbons (Fsp3) is 0.545. The Bertz CT molecular complexity index is 482. The van der Waals surface area contributed by atoms with E-state index in [9.17, 15) is 9.59 Å². The van der Waals surface area contributed by atoms with Crippen LogP contribution in [0.4, 0.5) is 5.69 Å². The van der Waals surface area contributed by atoms with Gasteiger partial charge in [-0.15, -0.1) is 0 Å². The zero-order chi connectivity index (χ0) is 13.3. The first-order chi connectivity index (χ1) is 8.56. The molecule has 2 amide bonds. The van der Waals surface area contributed by atoms with Crippen LogP contribution in [0.5, 0.6) is 0 Å². The topological polar surface area (TPSA) is 93.2 Å². The third kappa shape index (κ3) is 1.92. The van der Waals surface area contributed by atoms with E-state index in [-0.39, 0.29) is 11.8 Å². The molecule has 98 valence electrons. The molecular formula is C11H17N5O2. The van der Waals surface area contributed by atoms with Gasteiger partial charge in [-0.2, -0.15) is 5.10 Å². The number of nitrogens with one attached hydrogen (secondary N) is 1. The number of nitrogens with zero attached hydrogens (tertiary/aromatic N) is 3. The Morgan fingerprint density at radius 3 is 3.06 bits per heavy atom. The smallest absolute Gasteiger partial charge is 0.275 e. The summed E-state index contributed by atoms with van der Waals surface area (Å²) in [5.41, 5.74) is 6.48. The van der Waals surface area contributed by atoms with Crippen LogP contribution in [0.1, 0.15) is 24.3 Å². The number of nitrogens with two attached hydrogens (primary N) is 1. The second-order valence-corrected chi connectivity index (χ2v) is 4.23. The van der Waals surface area contributed by atoms with Crippen molar-refractivity contribution < 1.29 is 9.59 Å². The van der Waals surface area contributed by atoms with Gasteiger partial charge in [0.25, 0.3) is 5.91 Å². The summed E-state index contributed by atoms with van der Waals surface area (Å²) in [7, 11) is 0. The van der Waals surface area contributed by atoms with Gasteiger partial charge in [0.05, 0.1) is 11.9 Å². The van der Waals surface area contributed by atoms with Crippen molar-refractivity contribution in [3.8, 4) is 0 Å². The van der Waals surface area contributed by atoms with Crippen molar-refractivity contribution in [1.29, 1.82) is 0 Å². The fourth-order valence-corrected chi connectivity index (χ4v) is 2.07. The number of carbonyl (C=O) groups is 2. The Hall–Kier alpha value is -2.05. The van der Waals surface area contributed by atoms with Crippen LogP contribution in [0.15, 0.2) is 6.20 Å². The average molecular weight is 251 g/mol. The first-order valence-corrected chi connectivity index (χ1v) is 5.96. The average Bonchev–Trinajstić information content (AvgIpc) is 2.73. The summed E-state index contributed by atoms with van der Waals surface area (Å²) in [5, 5.41) is 6.76. The Morgan fingerprint density at radius 2 is 2.39 bits per heavy atom. The van der Waals surface area contributed by atoms with Crippen LogP contribution in [-0.2, 0) is 11.3 Å². The molecular weight excluding hydrogens is 234 g/mol. The highest BCUT2D eigenvalue weighted by atomic mass is 16.2. The minimum absolute atomic E-state index is 0.143. The van der Waals surface area contributed by atoms with Crippen molar-refractivity contribution in [3.63, 3.8) is 0 Å². The van der Waals surface area contributed by atoms with Gasteiger partial charge in [0, 0.05) is 19.6 Å². The molecule has 0 aromatic carbocycles. The van der Waals surface area contributed by atoms with E-state index >= 15 is 0 Å². The molecule has 18 heavy (non-hydrogen) atoms. The fourth-order valence-electron chi connectivity index (χ4n) is 2.07. The maximum Gasteiger partial charge on any atom is 0.275 e. The van der Waals surface area contributed by atoms with Crippen LogP contribution in [-0.4, -0.2) is 45.6 Å². The van der Waals surface area contributed by atoms with Crippen LogP contribution < -0.4 is 11.1 Å². The molecule has 7 nitrogen and oxygen atoms in total. The first-order valence-electron chi connectivity index (χ1n) is 5.96. The summed E-state index contributed by atoms with van der Waals surface area (Å²) in [5.74, 6) is -0.384. The Morgan fingerprint density at radius 1 is 1.67 bits per heavy atom. The zero-order valence-electron chi connectivity index (χ0n) is 10.5. The molecule has 1 aromatic heterocycles. The number of hydrogen-bond acceptors (Lipinski definition) is 4. The van der Waals surface area contributed by atoms with Crippen LogP contribution >= 0.6 is 0 Å². The number of nitrogen functional groups attached to an aromatic ring is 1. The van der Waals surface area contributed by atoms with Crippen molar-refractivity contribution in [2.75, 3.05) is 18.8 Å². The highest BCUT2D eigenvalue weighted by molar-refractivity contribution is 6.00. The van der Waals surface area contributed by atoms with E-state index in [1.54, 1.807) is 11.6 Å². The van der Waals surface area contributed by atoms with Gasteiger partial charge in [0.1, 0.15) is 11.7 Å². The maximum atomic E-state index is 12.4. The second kappa shape index (κ2) is 4.67. The third-order valence-electron chi connectivity index (χ3n) is 3.13. The molecule has 7 heteroatoms. The minimum Gasteiger partial charge on any atom is -0.396 e. The molecule has 3 N–H and O–H groups in total. The quantitative estimate of drug-likeness (QED) is 0.737. The first kappa shape index (κ1) is 12.4. The molecule has 1 aliphatic rings. The zero-order valence-corrected chi connectivity index (χ0v) is 10.5. The molecule has 1 saturated heterocycles. The van der Waals surface area contributed by atoms with E-state index < -0.39 is 6.04 Å². The Kier molecular flexibility index (Phi) is 3.22. The summed E-state index contributed by atoms with van der Waals surface area (Å²) < 4.78 is 1.55. The number of piperazine rings is 1.